The zero-order valence-electron chi connectivity index (χ0n) is 7.47. The summed E-state index contributed by atoms with van der Waals surface area (Å²) in [5.41, 5.74) is 0. The van der Waals surface area contributed by atoms with Gasteiger partial charge in [0.15, 0.2) is 10.3 Å². The Bertz CT molecular complexity index is 349. The molecule has 1 aromatic heterocycles. The van der Waals surface area contributed by atoms with E-state index in [0.29, 0.717) is 16.0 Å². The SMILES string of the molecule is FC(F)=C(F)CCSCc1cnc(Cl)s1. The number of thiazole rings is 1. The largest absolute Gasteiger partial charge is 0.301 e. The summed E-state index contributed by atoms with van der Waals surface area (Å²) in [6, 6.07) is 0. The standard InChI is InChI=1S/C8H7ClF3NS2/c9-8-13-3-5(15-8)4-14-2-1-6(10)7(11)12/h3H,1-2,4H2. The number of hydrogen-bond donors (Lipinski definition) is 0. The van der Waals surface area contributed by atoms with Crippen molar-refractivity contribution in [2.24, 2.45) is 0 Å². The fourth-order valence-corrected chi connectivity index (χ4v) is 2.78. The van der Waals surface area contributed by atoms with Gasteiger partial charge < -0.3 is 0 Å². The summed E-state index contributed by atoms with van der Waals surface area (Å²) in [7, 11) is 0. The predicted molar refractivity (Wildman–Crippen MR) is 58.3 cm³/mol. The average molecular weight is 274 g/mol. The molecule has 0 unspecified atom stereocenters. The van der Waals surface area contributed by atoms with Gasteiger partial charge >= 0.3 is 6.08 Å². The van der Waals surface area contributed by atoms with E-state index in [2.05, 4.69) is 4.98 Å². The summed E-state index contributed by atoms with van der Waals surface area (Å²) in [6.07, 6.45) is -0.835. The van der Waals surface area contributed by atoms with Crippen LogP contribution in [0, 0.1) is 0 Å². The maximum atomic E-state index is 12.3. The highest BCUT2D eigenvalue weighted by molar-refractivity contribution is 7.98. The minimum atomic E-state index is -2.23. The zero-order valence-corrected chi connectivity index (χ0v) is 9.86. The first kappa shape index (κ1) is 12.9. The summed E-state index contributed by atoms with van der Waals surface area (Å²) < 4.78 is 36.1. The van der Waals surface area contributed by atoms with Crippen LogP contribution in [0.1, 0.15) is 11.3 Å². The molecule has 0 aliphatic heterocycles. The molecule has 1 rings (SSSR count). The van der Waals surface area contributed by atoms with Gasteiger partial charge in [-0.05, 0) is 0 Å². The van der Waals surface area contributed by atoms with Crippen LogP contribution in [-0.4, -0.2) is 10.7 Å². The number of halogens is 4. The normalized spacial score (nSPS) is 10.4. The first-order chi connectivity index (χ1) is 7.09. The van der Waals surface area contributed by atoms with Crippen LogP contribution in [0.15, 0.2) is 18.1 Å². The third-order valence-electron chi connectivity index (χ3n) is 1.44. The molecule has 84 valence electrons. The van der Waals surface area contributed by atoms with Gasteiger partial charge in [-0.1, -0.05) is 11.6 Å². The van der Waals surface area contributed by atoms with Crippen molar-refractivity contribution in [2.45, 2.75) is 12.2 Å². The molecule has 0 fully saturated rings. The van der Waals surface area contributed by atoms with Crippen LogP contribution in [0.4, 0.5) is 13.2 Å². The van der Waals surface area contributed by atoms with Gasteiger partial charge in [-0.3, -0.25) is 0 Å². The molecule has 0 saturated heterocycles. The Hall–Kier alpha value is -0.200. The third-order valence-corrected chi connectivity index (χ3v) is 3.75. The van der Waals surface area contributed by atoms with Gasteiger partial charge in [0, 0.05) is 29.0 Å². The van der Waals surface area contributed by atoms with E-state index in [1.807, 2.05) is 0 Å². The van der Waals surface area contributed by atoms with Crippen LogP contribution in [0.5, 0.6) is 0 Å². The molecule has 0 aromatic carbocycles. The number of aromatic nitrogens is 1. The van der Waals surface area contributed by atoms with E-state index in [4.69, 9.17) is 11.6 Å². The molecule has 0 aliphatic carbocycles. The third kappa shape index (κ3) is 4.90. The Kier molecular flexibility index (Phi) is 5.49. The van der Waals surface area contributed by atoms with Crippen molar-refractivity contribution in [1.82, 2.24) is 4.98 Å². The lowest BCUT2D eigenvalue weighted by Crippen LogP contribution is -1.83. The molecule has 0 radical (unpaired) electrons. The van der Waals surface area contributed by atoms with Crippen molar-refractivity contribution < 1.29 is 13.2 Å². The second-order valence-corrected chi connectivity index (χ2v) is 5.35. The molecule has 1 nitrogen and oxygen atoms in total. The summed E-state index contributed by atoms with van der Waals surface area (Å²) in [5, 5.41) is 0. The fourth-order valence-electron chi connectivity index (χ4n) is 0.779. The maximum absolute atomic E-state index is 12.3. The van der Waals surface area contributed by atoms with Crippen molar-refractivity contribution >= 4 is 34.7 Å². The highest BCUT2D eigenvalue weighted by Crippen LogP contribution is 2.24. The second-order valence-electron chi connectivity index (χ2n) is 2.55. The van der Waals surface area contributed by atoms with Gasteiger partial charge in [-0.25, -0.2) is 9.37 Å². The Morgan fingerprint density at radius 2 is 2.20 bits per heavy atom. The van der Waals surface area contributed by atoms with Gasteiger partial charge in [0.05, 0.1) is 0 Å². The van der Waals surface area contributed by atoms with Crippen molar-refractivity contribution in [1.29, 1.82) is 0 Å². The second kappa shape index (κ2) is 6.40. The number of thioether (sulfide) groups is 1. The molecule has 15 heavy (non-hydrogen) atoms. The van der Waals surface area contributed by atoms with Crippen molar-refractivity contribution in [2.75, 3.05) is 5.75 Å². The van der Waals surface area contributed by atoms with Crippen LogP contribution in [0.3, 0.4) is 0 Å². The van der Waals surface area contributed by atoms with Gasteiger partial charge in [-0.15, -0.1) is 11.3 Å². The highest BCUT2D eigenvalue weighted by atomic mass is 35.5. The Balaban J connectivity index is 2.20. The molecule has 7 heteroatoms. The Labute approximate surface area is 98.3 Å². The van der Waals surface area contributed by atoms with Crippen LogP contribution in [0.2, 0.25) is 4.47 Å². The van der Waals surface area contributed by atoms with Gasteiger partial charge in [0.2, 0.25) is 0 Å². The molecule has 0 aliphatic rings. The maximum Gasteiger partial charge on any atom is 0.301 e. The summed E-state index contributed by atoms with van der Waals surface area (Å²) in [4.78, 5) is 4.78. The number of allylic oxidation sites excluding steroid dienone is 1. The number of nitrogens with zero attached hydrogens (tertiary/aromatic N) is 1. The lowest BCUT2D eigenvalue weighted by molar-refractivity contribution is 0.373. The minimum Gasteiger partial charge on any atom is -0.233 e. The quantitative estimate of drug-likeness (QED) is 0.733. The van der Waals surface area contributed by atoms with Crippen molar-refractivity contribution in [3.05, 3.63) is 27.4 Å². The van der Waals surface area contributed by atoms with E-state index in [-0.39, 0.29) is 6.42 Å². The smallest absolute Gasteiger partial charge is 0.233 e. The number of rotatable bonds is 5. The molecule has 0 amide bonds. The topological polar surface area (TPSA) is 12.9 Å². The van der Waals surface area contributed by atoms with Crippen molar-refractivity contribution in [3.8, 4) is 0 Å². The van der Waals surface area contributed by atoms with Gasteiger partial charge in [-0.2, -0.15) is 20.5 Å². The molecule has 1 heterocycles. The molecule has 0 N–H and O–H groups in total. The van der Waals surface area contributed by atoms with E-state index in [0.717, 1.165) is 4.88 Å². The predicted octanol–water partition coefficient (Wildman–Crippen LogP) is 4.50. The average Bonchev–Trinajstić information content (AvgIpc) is 2.58. The van der Waals surface area contributed by atoms with Crippen LogP contribution in [-0.2, 0) is 5.75 Å². The van der Waals surface area contributed by atoms with Crippen LogP contribution in [0.25, 0.3) is 0 Å². The summed E-state index contributed by atoms with van der Waals surface area (Å²) in [5.74, 6) is -0.394. The van der Waals surface area contributed by atoms with Crippen molar-refractivity contribution in [3.63, 3.8) is 0 Å². The van der Waals surface area contributed by atoms with E-state index in [1.54, 1.807) is 6.20 Å². The Morgan fingerprint density at radius 1 is 1.47 bits per heavy atom. The molecular weight excluding hydrogens is 267 g/mol. The number of hydrogen-bond acceptors (Lipinski definition) is 3. The monoisotopic (exact) mass is 273 g/mol. The van der Waals surface area contributed by atoms with E-state index in [1.165, 1.54) is 23.1 Å². The molecule has 0 spiro atoms. The summed E-state index contributed by atoms with van der Waals surface area (Å²) >= 11 is 8.30. The minimum absolute atomic E-state index is 0.237. The van der Waals surface area contributed by atoms with E-state index in [9.17, 15) is 13.2 Å². The molecular formula is C8H7ClF3NS2. The van der Waals surface area contributed by atoms with Crippen LogP contribution >= 0.6 is 34.7 Å². The lowest BCUT2D eigenvalue weighted by atomic mass is 10.4. The van der Waals surface area contributed by atoms with Gasteiger partial charge in [0.1, 0.15) is 0 Å². The molecule has 0 atom stereocenters. The lowest BCUT2D eigenvalue weighted by Gasteiger charge is -1.97. The highest BCUT2D eigenvalue weighted by Gasteiger charge is 2.05. The first-order valence-electron chi connectivity index (χ1n) is 3.97. The molecule has 1 aromatic rings. The zero-order chi connectivity index (χ0) is 11.3. The molecule has 0 bridgehead atoms. The summed E-state index contributed by atoms with van der Waals surface area (Å²) in [6.45, 7) is 0. The molecule has 0 saturated carbocycles. The fraction of sp³-hybridized carbons (Fsp3) is 0.375. The van der Waals surface area contributed by atoms with Gasteiger partial charge in [0.25, 0.3) is 0 Å². The van der Waals surface area contributed by atoms with Crippen LogP contribution < -0.4 is 0 Å². The Morgan fingerprint density at radius 3 is 2.73 bits per heavy atom. The van der Waals surface area contributed by atoms with E-state index < -0.39 is 11.9 Å². The van der Waals surface area contributed by atoms with E-state index >= 15 is 0 Å². The first-order valence-corrected chi connectivity index (χ1v) is 6.32.